The molecule has 1 rings (SSSR count). The average Bonchev–Trinajstić information content (AvgIpc) is 2.28. The molecule has 0 bridgehead atoms. The first-order valence-electron chi connectivity index (χ1n) is 6.33. The summed E-state index contributed by atoms with van der Waals surface area (Å²) in [6, 6.07) is 0. The first-order valence-corrected chi connectivity index (χ1v) is 7.15. The number of hydrogen-bond acceptors (Lipinski definition) is 2. The van der Waals surface area contributed by atoms with Crippen molar-refractivity contribution in [2.75, 3.05) is 38.9 Å². The quantitative estimate of drug-likeness (QED) is 0.683. The number of amides is 1. The standard InChI is InChI=1S/C12H25N2OP/c1-11(2)4-3-5-13-6-8-14(9-7-13)12(15)10-16/h11H,3-10,16H2,1-2H3. The molecule has 94 valence electrons. The van der Waals surface area contributed by atoms with Crippen LogP contribution in [0.25, 0.3) is 0 Å². The van der Waals surface area contributed by atoms with E-state index in [2.05, 4.69) is 28.0 Å². The molecule has 1 atom stereocenters. The van der Waals surface area contributed by atoms with E-state index >= 15 is 0 Å². The van der Waals surface area contributed by atoms with E-state index < -0.39 is 0 Å². The number of piperazine rings is 1. The normalized spacial score (nSPS) is 18.1. The molecular weight excluding hydrogens is 219 g/mol. The molecule has 3 nitrogen and oxygen atoms in total. The molecular formula is C12H25N2OP. The van der Waals surface area contributed by atoms with Gasteiger partial charge in [0.1, 0.15) is 0 Å². The molecule has 1 aliphatic rings. The number of hydrogen-bond donors (Lipinski definition) is 0. The molecule has 4 heteroatoms. The van der Waals surface area contributed by atoms with Gasteiger partial charge in [0.2, 0.25) is 5.91 Å². The lowest BCUT2D eigenvalue weighted by Gasteiger charge is -2.34. The fourth-order valence-electron chi connectivity index (χ4n) is 2.07. The van der Waals surface area contributed by atoms with E-state index in [0.717, 1.165) is 32.1 Å². The van der Waals surface area contributed by atoms with Crippen LogP contribution in [0.1, 0.15) is 26.7 Å². The number of carbonyl (C=O) groups excluding carboxylic acids is 1. The topological polar surface area (TPSA) is 23.6 Å². The molecule has 1 saturated heterocycles. The van der Waals surface area contributed by atoms with Gasteiger partial charge in [-0.1, -0.05) is 13.8 Å². The Morgan fingerprint density at radius 2 is 1.88 bits per heavy atom. The van der Waals surface area contributed by atoms with E-state index in [9.17, 15) is 4.79 Å². The van der Waals surface area contributed by atoms with Gasteiger partial charge in [0.05, 0.1) is 0 Å². The highest BCUT2D eigenvalue weighted by Gasteiger charge is 2.19. The van der Waals surface area contributed by atoms with Gasteiger partial charge < -0.3 is 4.90 Å². The van der Waals surface area contributed by atoms with Crippen LogP contribution in [0.3, 0.4) is 0 Å². The van der Waals surface area contributed by atoms with Crippen molar-refractivity contribution >= 4 is 15.1 Å². The van der Waals surface area contributed by atoms with Crippen molar-refractivity contribution in [2.24, 2.45) is 5.92 Å². The van der Waals surface area contributed by atoms with E-state index in [-0.39, 0.29) is 5.91 Å². The van der Waals surface area contributed by atoms with Gasteiger partial charge in [-0.25, -0.2) is 0 Å². The van der Waals surface area contributed by atoms with Gasteiger partial charge >= 0.3 is 0 Å². The Hall–Kier alpha value is -0.140. The molecule has 0 aliphatic carbocycles. The SMILES string of the molecule is CC(C)CCCN1CCN(C(=O)CP)CC1. The highest BCUT2D eigenvalue weighted by molar-refractivity contribution is 7.18. The van der Waals surface area contributed by atoms with Crippen molar-refractivity contribution in [1.29, 1.82) is 0 Å². The van der Waals surface area contributed by atoms with Crippen LogP contribution in [-0.4, -0.2) is 54.6 Å². The van der Waals surface area contributed by atoms with E-state index in [0.29, 0.717) is 6.16 Å². The van der Waals surface area contributed by atoms with Crippen molar-refractivity contribution in [2.45, 2.75) is 26.7 Å². The maximum absolute atomic E-state index is 11.5. The molecule has 0 N–H and O–H groups in total. The zero-order valence-electron chi connectivity index (χ0n) is 10.6. The monoisotopic (exact) mass is 244 g/mol. The highest BCUT2D eigenvalue weighted by Crippen LogP contribution is 2.08. The lowest BCUT2D eigenvalue weighted by molar-refractivity contribution is -0.130. The van der Waals surface area contributed by atoms with Crippen molar-refractivity contribution in [3.8, 4) is 0 Å². The predicted molar refractivity (Wildman–Crippen MR) is 71.7 cm³/mol. The van der Waals surface area contributed by atoms with Crippen LogP contribution in [0, 0.1) is 5.92 Å². The first-order chi connectivity index (χ1) is 7.63. The highest BCUT2D eigenvalue weighted by atomic mass is 31.0. The van der Waals surface area contributed by atoms with E-state index in [1.165, 1.54) is 19.4 Å². The Labute approximate surface area is 102 Å². The minimum Gasteiger partial charge on any atom is -0.340 e. The third kappa shape index (κ3) is 4.80. The van der Waals surface area contributed by atoms with Gasteiger partial charge in [-0.15, -0.1) is 9.24 Å². The van der Waals surface area contributed by atoms with E-state index in [1.807, 2.05) is 4.90 Å². The van der Waals surface area contributed by atoms with Gasteiger partial charge in [-0.2, -0.15) is 0 Å². The van der Waals surface area contributed by atoms with Gasteiger partial charge in [-0.05, 0) is 25.3 Å². The van der Waals surface area contributed by atoms with E-state index in [4.69, 9.17) is 0 Å². The minimum absolute atomic E-state index is 0.270. The second kappa shape index (κ2) is 7.24. The van der Waals surface area contributed by atoms with Gasteiger partial charge in [0.25, 0.3) is 0 Å². The molecule has 1 amide bonds. The van der Waals surface area contributed by atoms with Crippen LogP contribution in [0.2, 0.25) is 0 Å². The molecule has 0 saturated carbocycles. The second-order valence-electron chi connectivity index (χ2n) is 4.96. The molecule has 16 heavy (non-hydrogen) atoms. The Bertz CT molecular complexity index is 213. The van der Waals surface area contributed by atoms with Gasteiger partial charge in [-0.3, -0.25) is 9.69 Å². The molecule has 0 aromatic heterocycles. The summed E-state index contributed by atoms with van der Waals surface area (Å²) in [6.07, 6.45) is 3.16. The van der Waals surface area contributed by atoms with E-state index in [1.54, 1.807) is 0 Å². The van der Waals surface area contributed by atoms with Crippen molar-refractivity contribution in [3.05, 3.63) is 0 Å². The van der Waals surface area contributed by atoms with Crippen LogP contribution < -0.4 is 0 Å². The van der Waals surface area contributed by atoms with Crippen LogP contribution in [0.4, 0.5) is 0 Å². The molecule has 0 aromatic rings. The summed E-state index contributed by atoms with van der Waals surface area (Å²) >= 11 is 0. The Morgan fingerprint density at radius 3 is 2.38 bits per heavy atom. The number of rotatable bonds is 5. The summed E-state index contributed by atoms with van der Waals surface area (Å²) in [5.74, 6) is 1.08. The van der Waals surface area contributed by atoms with Crippen LogP contribution in [0.5, 0.6) is 0 Å². The fourth-order valence-corrected chi connectivity index (χ4v) is 2.33. The summed E-state index contributed by atoms with van der Waals surface area (Å²) in [5.41, 5.74) is 0. The summed E-state index contributed by atoms with van der Waals surface area (Å²) < 4.78 is 0. The second-order valence-corrected chi connectivity index (χ2v) is 5.37. The summed E-state index contributed by atoms with van der Waals surface area (Å²) in [4.78, 5) is 15.9. The third-order valence-electron chi connectivity index (χ3n) is 3.16. The Morgan fingerprint density at radius 1 is 1.25 bits per heavy atom. The molecule has 0 radical (unpaired) electrons. The smallest absolute Gasteiger partial charge is 0.226 e. The molecule has 0 spiro atoms. The Kier molecular flexibility index (Phi) is 6.30. The van der Waals surface area contributed by atoms with Crippen LogP contribution in [-0.2, 0) is 4.79 Å². The maximum Gasteiger partial charge on any atom is 0.226 e. The Balaban J connectivity index is 2.14. The molecule has 0 aromatic carbocycles. The molecule has 1 heterocycles. The fraction of sp³-hybridized carbons (Fsp3) is 0.917. The van der Waals surface area contributed by atoms with Crippen molar-refractivity contribution < 1.29 is 4.79 Å². The zero-order valence-corrected chi connectivity index (χ0v) is 11.8. The average molecular weight is 244 g/mol. The molecule has 1 aliphatic heterocycles. The third-order valence-corrected chi connectivity index (χ3v) is 3.50. The minimum atomic E-state index is 0.270. The van der Waals surface area contributed by atoms with Crippen molar-refractivity contribution in [3.63, 3.8) is 0 Å². The van der Waals surface area contributed by atoms with Gasteiger partial charge in [0, 0.05) is 32.3 Å². The summed E-state index contributed by atoms with van der Waals surface area (Å²) in [6.45, 7) is 9.67. The van der Waals surface area contributed by atoms with Crippen molar-refractivity contribution in [1.82, 2.24) is 9.80 Å². The maximum atomic E-state index is 11.5. The van der Waals surface area contributed by atoms with Gasteiger partial charge in [0.15, 0.2) is 0 Å². The summed E-state index contributed by atoms with van der Waals surface area (Å²) in [7, 11) is 2.51. The predicted octanol–water partition coefficient (Wildman–Crippen LogP) is 1.44. The van der Waals surface area contributed by atoms with Crippen LogP contribution in [0.15, 0.2) is 0 Å². The largest absolute Gasteiger partial charge is 0.340 e. The van der Waals surface area contributed by atoms with Crippen LogP contribution >= 0.6 is 9.24 Å². The first kappa shape index (κ1) is 13.9. The molecule has 1 fully saturated rings. The number of nitrogens with zero attached hydrogens (tertiary/aromatic N) is 2. The lowest BCUT2D eigenvalue weighted by Crippen LogP contribution is -2.49. The molecule has 1 unspecified atom stereocenters. The number of carbonyl (C=O) groups is 1. The zero-order chi connectivity index (χ0) is 12.0. The summed E-state index contributed by atoms with van der Waals surface area (Å²) in [5, 5.41) is 0. The lowest BCUT2D eigenvalue weighted by atomic mass is 10.1.